The van der Waals surface area contributed by atoms with E-state index in [1.807, 2.05) is 18.2 Å². The highest BCUT2D eigenvalue weighted by Crippen LogP contribution is 2.41. The number of allylic oxidation sites excluding steroid dienone is 1. The van der Waals surface area contributed by atoms with Gasteiger partial charge in [-0.1, -0.05) is 13.0 Å². The summed E-state index contributed by atoms with van der Waals surface area (Å²) in [5.74, 6) is -2.09. The summed E-state index contributed by atoms with van der Waals surface area (Å²) >= 11 is 0. The maximum atomic E-state index is 13.1. The Morgan fingerprint density at radius 2 is 1.83 bits per heavy atom. The molecule has 3 heterocycles. The number of nitrogens with one attached hydrogen (secondary N) is 1. The van der Waals surface area contributed by atoms with Crippen LogP contribution in [0, 0.1) is 0 Å². The molecule has 36 heavy (non-hydrogen) atoms. The van der Waals surface area contributed by atoms with E-state index in [1.165, 1.54) is 0 Å². The van der Waals surface area contributed by atoms with Crippen molar-refractivity contribution in [2.45, 2.75) is 94.2 Å². The quantitative estimate of drug-likeness (QED) is 0.645. The number of piperidine rings is 1. The van der Waals surface area contributed by atoms with Crippen molar-refractivity contribution in [3.05, 3.63) is 41.6 Å². The average molecular weight is 502 g/mol. The highest BCUT2D eigenvalue weighted by Gasteiger charge is 2.49. The second kappa shape index (κ2) is 9.10. The Hall–Kier alpha value is -2.52. The predicted octanol–water partition coefficient (Wildman–Crippen LogP) is 3.62. The number of benzene rings is 1. The van der Waals surface area contributed by atoms with Gasteiger partial charge >= 0.3 is 0 Å². The van der Waals surface area contributed by atoms with E-state index >= 15 is 0 Å². The van der Waals surface area contributed by atoms with E-state index in [0.29, 0.717) is 30.6 Å². The summed E-state index contributed by atoms with van der Waals surface area (Å²) in [5.41, 5.74) is 2.21. The SMILES string of the molecule is C=C1CCC(N2Cc3cc(O[C@@H]4CCCC[C@H]4N4CC(OC5CC(F)(F)C5)C4)ccc3C2=O)C(=O)N1. The first-order valence-electron chi connectivity index (χ1n) is 13.1. The Morgan fingerprint density at radius 1 is 1.06 bits per heavy atom. The smallest absolute Gasteiger partial charge is 0.255 e. The third kappa shape index (κ3) is 4.52. The van der Waals surface area contributed by atoms with Crippen LogP contribution < -0.4 is 10.1 Å². The molecule has 2 saturated carbocycles. The number of ether oxygens (including phenoxy) is 2. The predicted molar refractivity (Wildman–Crippen MR) is 128 cm³/mol. The van der Waals surface area contributed by atoms with Crippen molar-refractivity contribution in [2.75, 3.05) is 13.1 Å². The van der Waals surface area contributed by atoms with Crippen molar-refractivity contribution in [1.29, 1.82) is 0 Å². The summed E-state index contributed by atoms with van der Waals surface area (Å²) in [6.45, 7) is 5.74. The van der Waals surface area contributed by atoms with Crippen LogP contribution in [-0.2, 0) is 16.1 Å². The number of hydrogen-bond acceptors (Lipinski definition) is 5. The summed E-state index contributed by atoms with van der Waals surface area (Å²) in [5, 5.41) is 2.77. The Morgan fingerprint density at radius 3 is 2.58 bits per heavy atom. The minimum absolute atomic E-state index is 0.0276. The third-order valence-electron chi connectivity index (χ3n) is 8.35. The molecule has 0 radical (unpaired) electrons. The van der Waals surface area contributed by atoms with E-state index in [4.69, 9.17) is 9.47 Å². The fourth-order valence-corrected chi connectivity index (χ4v) is 6.31. The molecule has 4 fully saturated rings. The first-order valence-corrected chi connectivity index (χ1v) is 13.1. The average Bonchev–Trinajstić information content (AvgIpc) is 3.11. The van der Waals surface area contributed by atoms with Crippen LogP contribution in [0.4, 0.5) is 8.78 Å². The van der Waals surface area contributed by atoms with Crippen molar-refractivity contribution in [2.24, 2.45) is 0 Å². The molecule has 7 nitrogen and oxygen atoms in total. The molecule has 0 bridgehead atoms. The minimum Gasteiger partial charge on any atom is -0.489 e. The van der Waals surface area contributed by atoms with Gasteiger partial charge in [-0.2, -0.15) is 0 Å². The van der Waals surface area contributed by atoms with Gasteiger partial charge in [-0.05, 0) is 55.9 Å². The van der Waals surface area contributed by atoms with E-state index in [-0.39, 0.29) is 49.0 Å². The van der Waals surface area contributed by atoms with Crippen LogP contribution in [-0.4, -0.2) is 71.0 Å². The summed E-state index contributed by atoms with van der Waals surface area (Å²) in [6.07, 6.45) is 4.94. The van der Waals surface area contributed by atoms with E-state index in [9.17, 15) is 18.4 Å². The van der Waals surface area contributed by atoms with E-state index < -0.39 is 12.0 Å². The van der Waals surface area contributed by atoms with E-state index in [0.717, 1.165) is 50.1 Å². The Balaban J connectivity index is 1.07. The molecule has 2 saturated heterocycles. The molecule has 3 atom stereocenters. The standard InChI is InChI=1S/C27H33F2N3O4/c1-16-6-9-23(25(33)30-16)32-13-17-10-18(7-8-21(17)26(32)34)36-24-5-3-2-4-22(24)31-14-20(15-31)35-19-11-27(28,29)12-19/h7-8,10,19-20,22-24H,1-6,9,11-15H2,(H,30,33)/t22-,23?,24-/m1/s1. The number of nitrogens with zero attached hydrogens (tertiary/aromatic N) is 2. The number of carbonyl (C=O) groups excluding carboxylic acids is 2. The lowest BCUT2D eigenvalue weighted by Crippen LogP contribution is -2.62. The van der Waals surface area contributed by atoms with Gasteiger partial charge in [0.2, 0.25) is 5.91 Å². The molecule has 6 rings (SSSR count). The van der Waals surface area contributed by atoms with Crippen LogP contribution >= 0.6 is 0 Å². The molecule has 0 aromatic heterocycles. The largest absolute Gasteiger partial charge is 0.489 e. The number of likely N-dealkylation sites (tertiary alicyclic amines) is 1. The van der Waals surface area contributed by atoms with Gasteiger partial charge in [-0.15, -0.1) is 0 Å². The lowest BCUT2D eigenvalue weighted by Gasteiger charge is -2.50. The molecular formula is C27H33F2N3O4. The Kier molecular flexibility index (Phi) is 6.03. The van der Waals surface area contributed by atoms with E-state index in [1.54, 1.807) is 4.90 Å². The topological polar surface area (TPSA) is 71.1 Å². The summed E-state index contributed by atoms with van der Waals surface area (Å²) < 4.78 is 38.5. The second-order valence-electron chi connectivity index (χ2n) is 11.0. The monoisotopic (exact) mass is 501 g/mol. The van der Waals surface area contributed by atoms with Gasteiger partial charge in [-0.3, -0.25) is 14.5 Å². The molecule has 0 spiro atoms. The van der Waals surface area contributed by atoms with Crippen molar-refractivity contribution in [1.82, 2.24) is 15.1 Å². The van der Waals surface area contributed by atoms with Crippen LogP contribution in [0.3, 0.4) is 0 Å². The molecule has 1 aromatic rings. The molecule has 2 aliphatic carbocycles. The van der Waals surface area contributed by atoms with Gasteiger partial charge in [0.15, 0.2) is 0 Å². The van der Waals surface area contributed by atoms with Crippen molar-refractivity contribution < 1.29 is 27.8 Å². The van der Waals surface area contributed by atoms with Crippen LogP contribution in [0.15, 0.2) is 30.5 Å². The molecular weight excluding hydrogens is 468 g/mol. The zero-order valence-electron chi connectivity index (χ0n) is 20.4. The maximum Gasteiger partial charge on any atom is 0.255 e. The van der Waals surface area contributed by atoms with Gasteiger partial charge in [0, 0.05) is 49.8 Å². The molecule has 1 aromatic carbocycles. The number of hydrogen-bond donors (Lipinski definition) is 1. The number of alkyl halides is 2. The Labute approximate surface area is 209 Å². The zero-order chi connectivity index (χ0) is 25.0. The number of fused-ring (bicyclic) bond motifs is 1. The molecule has 5 aliphatic rings. The molecule has 9 heteroatoms. The minimum atomic E-state index is -2.55. The van der Waals surface area contributed by atoms with Gasteiger partial charge in [-0.25, -0.2) is 8.78 Å². The lowest BCUT2D eigenvalue weighted by atomic mass is 9.88. The van der Waals surface area contributed by atoms with Crippen LogP contribution in [0.1, 0.15) is 67.3 Å². The normalized spacial score (nSPS) is 31.0. The number of rotatable bonds is 6. The molecule has 1 unspecified atom stereocenters. The van der Waals surface area contributed by atoms with Crippen molar-refractivity contribution >= 4 is 11.8 Å². The number of halogens is 2. The fraction of sp³-hybridized carbons (Fsp3) is 0.630. The number of carbonyl (C=O) groups is 2. The van der Waals surface area contributed by atoms with Crippen LogP contribution in [0.25, 0.3) is 0 Å². The highest BCUT2D eigenvalue weighted by molar-refractivity contribution is 6.01. The summed E-state index contributed by atoms with van der Waals surface area (Å²) in [6, 6.07) is 5.40. The third-order valence-corrected chi connectivity index (χ3v) is 8.35. The molecule has 3 aliphatic heterocycles. The second-order valence-corrected chi connectivity index (χ2v) is 11.0. The molecule has 2 amide bonds. The van der Waals surface area contributed by atoms with Crippen LogP contribution in [0.2, 0.25) is 0 Å². The number of amides is 2. The van der Waals surface area contributed by atoms with Gasteiger partial charge < -0.3 is 19.7 Å². The fourth-order valence-electron chi connectivity index (χ4n) is 6.31. The van der Waals surface area contributed by atoms with Crippen LogP contribution in [0.5, 0.6) is 5.75 Å². The lowest BCUT2D eigenvalue weighted by molar-refractivity contribution is -0.207. The van der Waals surface area contributed by atoms with Gasteiger partial charge in [0.05, 0.1) is 12.2 Å². The van der Waals surface area contributed by atoms with Gasteiger partial charge in [0.25, 0.3) is 11.8 Å². The van der Waals surface area contributed by atoms with Crippen molar-refractivity contribution in [3.8, 4) is 5.75 Å². The first-order chi connectivity index (χ1) is 17.3. The summed E-state index contributed by atoms with van der Waals surface area (Å²) in [7, 11) is 0. The summed E-state index contributed by atoms with van der Waals surface area (Å²) in [4.78, 5) is 29.5. The van der Waals surface area contributed by atoms with Crippen molar-refractivity contribution in [3.63, 3.8) is 0 Å². The Bertz CT molecular complexity index is 1070. The maximum absolute atomic E-state index is 13.1. The van der Waals surface area contributed by atoms with E-state index in [2.05, 4.69) is 16.8 Å². The highest BCUT2D eigenvalue weighted by atomic mass is 19.3. The molecule has 1 N–H and O–H groups in total. The molecule has 194 valence electrons. The first kappa shape index (κ1) is 23.9. The zero-order valence-corrected chi connectivity index (χ0v) is 20.4. The van der Waals surface area contributed by atoms with Gasteiger partial charge in [0.1, 0.15) is 17.9 Å².